The van der Waals surface area contributed by atoms with Gasteiger partial charge in [0.25, 0.3) is 0 Å². The highest BCUT2D eigenvalue weighted by Crippen LogP contribution is 2.33. The van der Waals surface area contributed by atoms with Crippen molar-refractivity contribution in [1.29, 1.82) is 5.26 Å². The van der Waals surface area contributed by atoms with Crippen LogP contribution in [-0.2, 0) is 4.79 Å². The minimum Gasteiger partial charge on any atom is -0.475 e. The largest absolute Gasteiger partial charge is 0.490 e. The van der Waals surface area contributed by atoms with Crippen LogP contribution in [0.3, 0.4) is 0 Å². The summed E-state index contributed by atoms with van der Waals surface area (Å²) < 4.78 is 31.7. The maximum absolute atomic E-state index is 10.6. The van der Waals surface area contributed by atoms with Gasteiger partial charge in [-0.15, -0.1) is 0 Å². The fraction of sp³-hybridized carbons (Fsp3) is 0.333. The fourth-order valence-electron chi connectivity index (χ4n) is 5.18. The molecule has 0 unspecified atom stereocenters. The van der Waals surface area contributed by atoms with Crippen molar-refractivity contribution in [3.63, 3.8) is 0 Å². The normalized spacial score (nSPS) is 16.6. The van der Waals surface area contributed by atoms with Gasteiger partial charge < -0.3 is 15.3 Å². The van der Waals surface area contributed by atoms with Crippen LogP contribution in [0.1, 0.15) is 35.6 Å². The second-order valence-electron chi connectivity index (χ2n) is 9.73. The fourth-order valence-corrected chi connectivity index (χ4v) is 5.18. The summed E-state index contributed by atoms with van der Waals surface area (Å²) in [6.45, 7) is 4.16. The summed E-state index contributed by atoms with van der Waals surface area (Å²) in [7, 11) is 0. The molecule has 39 heavy (non-hydrogen) atoms. The minimum atomic E-state index is -5.08. The smallest absolute Gasteiger partial charge is 0.475 e. The number of nitriles is 1. The molecule has 2 aliphatic rings. The molecule has 0 atom stereocenters. The van der Waals surface area contributed by atoms with E-state index in [2.05, 4.69) is 87.9 Å². The zero-order chi connectivity index (χ0) is 27.8. The summed E-state index contributed by atoms with van der Waals surface area (Å²) in [6.07, 6.45) is -2.84. The first-order valence-corrected chi connectivity index (χ1v) is 12.9. The van der Waals surface area contributed by atoms with Crippen LogP contribution in [0.25, 0.3) is 0 Å². The van der Waals surface area contributed by atoms with Crippen molar-refractivity contribution < 1.29 is 23.1 Å². The molecule has 5 rings (SSSR count). The molecule has 0 aliphatic carbocycles. The summed E-state index contributed by atoms with van der Waals surface area (Å²) >= 11 is 0. The average Bonchev–Trinajstić information content (AvgIpc) is 2.93. The van der Waals surface area contributed by atoms with E-state index in [0.717, 1.165) is 50.3 Å². The zero-order valence-corrected chi connectivity index (χ0v) is 21.4. The molecule has 0 bridgehead atoms. The highest BCUT2D eigenvalue weighted by Gasteiger charge is 2.38. The first-order chi connectivity index (χ1) is 18.8. The van der Waals surface area contributed by atoms with Gasteiger partial charge >= 0.3 is 12.1 Å². The standard InChI is InChI=1S/C28H30N4.C2HF3O2/c29-19-24-13-7-8-14-27(24)31-17-15-25(16-18-31)30-26-20-32(21-26)28(22-9-3-1-4-10-22)23-11-5-2-6-12-23;3-2(4,5)1(6)7/h1-14,25-26,28,30H,15-18,20-21H2;(H,6,7). The molecule has 3 aromatic carbocycles. The van der Waals surface area contributed by atoms with E-state index in [4.69, 9.17) is 9.90 Å². The number of aliphatic carboxylic acids is 1. The molecular formula is C30H31F3N4O2. The zero-order valence-electron chi connectivity index (χ0n) is 21.4. The van der Waals surface area contributed by atoms with Gasteiger partial charge in [0.05, 0.1) is 17.3 Å². The maximum atomic E-state index is 10.6. The van der Waals surface area contributed by atoms with Crippen LogP contribution in [0.4, 0.5) is 18.9 Å². The third-order valence-corrected chi connectivity index (χ3v) is 7.08. The van der Waals surface area contributed by atoms with Crippen molar-refractivity contribution in [2.24, 2.45) is 0 Å². The number of halogens is 3. The lowest BCUT2D eigenvalue weighted by Gasteiger charge is -2.47. The number of carbonyl (C=O) groups is 1. The third kappa shape index (κ3) is 7.37. The number of anilines is 1. The number of hydrogen-bond donors (Lipinski definition) is 2. The van der Waals surface area contributed by atoms with Crippen molar-refractivity contribution in [3.8, 4) is 6.07 Å². The molecule has 204 valence electrons. The molecule has 9 heteroatoms. The number of benzene rings is 3. The number of nitrogens with zero attached hydrogens (tertiary/aromatic N) is 3. The summed E-state index contributed by atoms with van der Waals surface area (Å²) in [5.41, 5.74) is 4.58. The predicted octanol–water partition coefficient (Wildman–Crippen LogP) is 5.22. The first-order valence-electron chi connectivity index (χ1n) is 12.9. The molecule has 0 radical (unpaired) electrons. The Kier molecular flexibility index (Phi) is 9.23. The number of carboxylic acid groups (broad SMARTS) is 1. The van der Waals surface area contributed by atoms with E-state index in [-0.39, 0.29) is 0 Å². The predicted molar refractivity (Wildman–Crippen MR) is 143 cm³/mol. The highest BCUT2D eigenvalue weighted by atomic mass is 19.4. The minimum absolute atomic E-state index is 0.319. The van der Waals surface area contributed by atoms with Crippen LogP contribution >= 0.6 is 0 Å². The number of para-hydroxylation sites is 1. The van der Waals surface area contributed by atoms with Gasteiger partial charge in [0, 0.05) is 38.3 Å². The number of nitrogens with one attached hydrogen (secondary N) is 1. The third-order valence-electron chi connectivity index (χ3n) is 7.08. The van der Waals surface area contributed by atoms with Crippen LogP contribution in [-0.4, -0.2) is 60.4 Å². The Labute approximate surface area is 226 Å². The van der Waals surface area contributed by atoms with Crippen molar-refractivity contribution in [2.45, 2.75) is 37.1 Å². The molecular weight excluding hydrogens is 505 g/mol. The van der Waals surface area contributed by atoms with Gasteiger partial charge in [-0.3, -0.25) is 4.90 Å². The molecule has 0 spiro atoms. The van der Waals surface area contributed by atoms with Gasteiger partial charge in [-0.05, 0) is 36.1 Å². The van der Waals surface area contributed by atoms with Crippen LogP contribution in [0.5, 0.6) is 0 Å². The van der Waals surface area contributed by atoms with Crippen LogP contribution in [0, 0.1) is 11.3 Å². The Morgan fingerprint density at radius 2 is 1.36 bits per heavy atom. The first kappa shape index (κ1) is 28.1. The van der Waals surface area contributed by atoms with Crippen molar-refractivity contribution in [3.05, 3.63) is 102 Å². The number of likely N-dealkylation sites (tertiary alicyclic amines) is 1. The summed E-state index contributed by atoms with van der Waals surface area (Å²) in [6, 6.07) is 33.4. The molecule has 2 heterocycles. The van der Waals surface area contributed by atoms with Gasteiger partial charge in [-0.1, -0.05) is 72.8 Å². The molecule has 2 fully saturated rings. The topological polar surface area (TPSA) is 79.6 Å². The van der Waals surface area contributed by atoms with Gasteiger partial charge in [0.2, 0.25) is 0 Å². The molecule has 2 aliphatic heterocycles. The molecule has 0 amide bonds. The lowest BCUT2D eigenvalue weighted by Crippen LogP contribution is -2.61. The van der Waals surface area contributed by atoms with Gasteiger partial charge in [-0.2, -0.15) is 18.4 Å². The van der Waals surface area contributed by atoms with E-state index < -0.39 is 12.1 Å². The number of rotatable bonds is 6. The van der Waals surface area contributed by atoms with Crippen molar-refractivity contribution in [2.75, 3.05) is 31.1 Å². The molecule has 6 nitrogen and oxygen atoms in total. The van der Waals surface area contributed by atoms with E-state index in [1.54, 1.807) is 0 Å². The van der Waals surface area contributed by atoms with E-state index >= 15 is 0 Å². The SMILES string of the molecule is N#Cc1ccccc1N1CCC(NC2CN(C(c3ccccc3)c3ccccc3)C2)CC1.O=C(O)C(F)(F)F. The second kappa shape index (κ2) is 12.8. The van der Waals surface area contributed by atoms with E-state index in [9.17, 15) is 18.4 Å². The molecule has 3 aromatic rings. The highest BCUT2D eigenvalue weighted by molar-refractivity contribution is 5.73. The van der Waals surface area contributed by atoms with E-state index in [1.807, 2.05) is 18.2 Å². The Balaban J connectivity index is 0.000000448. The number of piperidine rings is 1. The Hall–Kier alpha value is -3.87. The Morgan fingerprint density at radius 1 is 0.872 bits per heavy atom. The number of hydrogen-bond acceptors (Lipinski definition) is 5. The van der Waals surface area contributed by atoms with Gasteiger partial charge in [0.15, 0.2) is 0 Å². The van der Waals surface area contributed by atoms with E-state index in [0.29, 0.717) is 18.1 Å². The number of alkyl halides is 3. The average molecular weight is 537 g/mol. The summed E-state index contributed by atoms with van der Waals surface area (Å²) in [4.78, 5) is 13.8. The number of carboxylic acids is 1. The van der Waals surface area contributed by atoms with Crippen LogP contribution < -0.4 is 10.2 Å². The lowest BCUT2D eigenvalue weighted by atomic mass is 9.92. The van der Waals surface area contributed by atoms with Gasteiger partial charge in [-0.25, -0.2) is 4.79 Å². The van der Waals surface area contributed by atoms with Crippen molar-refractivity contribution in [1.82, 2.24) is 10.2 Å². The Morgan fingerprint density at radius 3 is 1.85 bits per heavy atom. The monoisotopic (exact) mass is 536 g/mol. The lowest BCUT2D eigenvalue weighted by molar-refractivity contribution is -0.192. The quantitative estimate of drug-likeness (QED) is 0.450. The summed E-state index contributed by atoms with van der Waals surface area (Å²) in [5.74, 6) is -2.76. The summed E-state index contributed by atoms with van der Waals surface area (Å²) in [5, 5.41) is 20.4. The van der Waals surface area contributed by atoms with E-state index in [1.165, 1.54) is 11.1 Å². The van der Waals surface area contributed by atoms with Crippen LogP contribution in [0.2, 0.25) is 0 Å². The van der Waals surface area contributed by atoms with Gasteiger partial charge in [0.1, 0.15) is 6.07 Å². The molecule has 0 saturated carbocycles. The van der Waals surface area contributed by atoms with Crippen LogP contribution in [0.15, 0.2) is 84.9 Å². The maximum Gasteiger partial charge on any atom is 0.490 e. The molecule has 0 aromatic heterocycles. The van der Waals surface area contributed by atoms with Crippen molar-refractivity contribution >= 4 is 11.7 Å². The molecule has 2 N–H and O–H groups in total. The Bertz CT molecular complexity index is 1210. The molecule has 2 saturated heterocycles. The second-order valence-corrected chi connectivity index (χ2v) is 9.73.